The first-order valence-electron chi connectivity index (χ1n) is 6.16. The van der Waals surface area contributed by atoms with E-state index >= 15 is 0 Å². The van der Waals surface area contributed by atoms with Crippen LogP contribution in [0, 0.1) is 5.82 Å². The van der Waals surface area contributed by atoms with Gasteiger partial charge in [0.2, 0.25) is 0 Å². The molecule has 1 aliphatic carbocycles. The number of nitrogen functional groups attached to an aromatic ring is 1. The number of aryl methyl sites for hydroxylation is 2. The van der Waals surface area contributed by atoms with Gasteiger partial charge in [-0.25, -0.2) is 4.39 Å². The van der Waals surface area contributed by atoms with E-state index in [-0.39, 0.29) is 5.82 Å². The first-order valence-corrected chi connectivity index (χ1v) is 6.16. The van der Waals surface area contributed by atoms with Crippen LogP contribution in [0.2, 0.25) is 0 Å². The van der Waals surface area contributed by atoms with Gasteiger partial charge >= 0.3 is 0 Å². The average molecular weight is 242 g/mol. The fourth-order valence-corrected chi connectivity index (χ4v) is 2.44. The van der Waals surface area contributed by atoms with E-state index in [0.29, 0.717) is 11.4 Å². The number of hydrogen-bond donors (Lipinski definition) is 2. The molecule has 0 aliphatic heterocycles. The molecule has 2 nitrogen and oxygen atoms in total. The lowest BCUT2D eigenvalue weighted by Crippen LogP contribution is -1.97. The van der Waals surface area contributed by atoms with Crippen molar-refractivity contribution in [3.8, 4) is 0 Å². The molecule has 1 aliphatic rings. The Kier molecular flexibility index (Phi) is 2.67. The Morgan fingerprint density at radius 2 is 1.83 bits per heavy atom. The molecule has 3 N–H and O–H groups in total. The molecular formula is C15H15FN2. The Labute approximate surface area is 106 Å². The molecule has 0 spiro atoms. The summed E-state index contributed by atoms with van der Waals surface area (Å²) in [4.78, 5) is 0. The molecule has 0 bridgehead atoms. The molecule has 0 amide bonds. The Hall–Kier alpha value is -2.03. The lowest BCUT2D eigenvalue weighted by atomic mass is 10.1. The Balaban J connectivity index is 1.90. The maximum absolute atomic E-state index is 13.2. The highest BCUT2D eigenvalue weighted by atomic mass is 19.1. The molecule has 0 fully saturated rings. The van der Waals surface area contributed by atoms with Gasteiger partial charge in [0, 0.05) is 5.69 Å². The molecule has 0 saturated carbocycles. The summed E-state index contributed by atoms with van der Waals surface area (Å²) in [6.07, 6.45) is 3.52. The van der Waals surface area contributed by atoms with Crippen molar-refractivity contribution < 1.29 is 4.39 Å². The van der Waals surface area contributed by atoms with Gasteiger partial charge < -0.3 is 11.1 Å². The van der Waals surface area contributed by atoms with Crippen LogP contribution in [0.25, 0.3) is 0 Å². The lowest BCUT2D eigenvalue weighted by Gasteiger charge is -2.11. The highest BCUT2D eigenvalue weighted by Gasteiger charge is 2.11. The number of anilines is 3. The van der Waals surface area contributed by atoms with Gasteiger partial charge in [0.1, 0.15) is 5.82 Å². The van der Waals surface area contributed by atoms with Crippen molar-refractivity contribution in [3.63, 3.8) is 0 Å². The van der Waals surface area contributed by atoms with Gasteiger partial charge in [0.05, 0.1) is 11.4 Å². The second-order valence-electron chi connectivity index (χ2n) is 4.69. The van der Waals surface area contributed by atoms with Crippen LogP contribution in [0.5, 0.6) is 0 Å². The van der Waals surface area contributed by atoms with Crippen LogP contribution in [0.15, 0.2) is 36.4 Å². The van der Waals surface area contributed by atoms with Gasteiger partial charge in [-0.1, -0.05) is 6.07 Å². The molecule has 18 heavy (non-hydrogen) atoms. The predicted octanol–water partition coefficient (Wildman–Crippen LogP) is 3.64. The fraction of sp³-hybridized carbons (Fsp3) is 0.200. The second kappa shape index (κ2) is 4.33. The molecule has 0 unspecified atom stereocenters. The number of fused-ring (bicyclic) bond motifs is 1. The molecule has 0 atom stereocenters. The first kappa shape index (κ1) is 11.1. The monoisotopic (exact) mass is 242 g/mol. The molecule has 3 heteroatoms. The van der Waals surface area contributed by atoms with Crippen LogP contribution in [0.3, 0.4) is 0 Å². The zero-order chi connectivity index (χ0) is 12.5. The number of nitrogens with one attached hydrogen (secondary N) is 1. The number of halogens is 1. The molecule has 0 aromatic heterocycles. The van der Waals surface area contributed by atoms with Crippen molar-refractivity contribution in [2.75, 3.05) is 11.1 Å². The van der Waals surface area contributed by atoms with Crippen LogP contribution in [-0.2, 0) is 12.8 Å². The van der Waals surface area contributed by atoms with Crippen molar-refractivity contribution in [2.24, 2.45) is 0 Å². The molecule has 0 saturated heterocycles. The summed E-state index contributed by atoms with van der Waals surface area (Å²) < 4.78 is 13.2. The van der Waals surface area contributed by atoms with Crippen molar-refractivity contribution >= 4 is 17.1 Å². The topological polar surface area (TPSA) is 38.0 Å². The summed E-state index contributed by atoms with van der Waals surface area (Å²) in [5.41, 5.74) is 10.8. The Morgan fingerprint density at radius 3 is 2.72 bits per heavy atom. The van der Waals surface area contributed by atoms with E-state index in [1.807, 2.05) is 6.07 Å². The minimum absolute atomic E-state index is 0.284. The van der Waals surface area contributed by atoms with Gasteiger partial charge in [-0.05, 0) is 60.7 Å². The van der Waals surface area contributed by atoms with E-state index in [1.165, 1.54) is 29.7 Å². The van der Waals surface area contributed by atoms with E-state index in [4.69, 9.17) is 5.73 Å². The molecule has 3 rings (SSSR count). The second-order valence-corrected chi connectivity index (χ2v) is 4.69. The third kappa shape index (κ3) is 2.04. The van der Waals surface area contributed by atoms with Crippen LogP contribution in [0.4, 0.5) is 21.5 Å². The van der Waals surface area contributed by atoms with Gasteiger partial charge in [-0.15, -0.1) is 0 Å². The summed E-state index contributed by atoms with van der Waals surface area (Å²) in [6, 6.07) is 10.7. The van der Waals surface area contributed by atoms with E-state index in [0.717, 1.165) is 18.5 Å². The minimum Gasteiger partial charge on any atom is -0.397 e. The van der Waals surface area contributed by atoms with Crippen molar-refractivity contribution in [1.82, 2.24) is 0 Å². The maximum atomic E-state index is 13.2. The van der Waals surface area contributed by atoms with Crippen molar-refractivity contribution in [1.29, 1.82) is 0 Å². The largest absolute Gasteiger partial charge is 0.397 e. The summed E-state index contributed by atoms with van der Waals surface area (Å²) in [7, 11) is 0. The van der Waals surface area contributed by atoms with Crippen LogP contribution >= 0.6 is 0 Å². The quantitative estimate of drug-likeness (QED) is 0.789. The molecule has 0 heterocycles. The van der Waals surface area contributed by atoms with E-state index in [9.17, 15) is 4.39 Å². The number of rotatable bonds is 2. The molecule has 2 aromatic carbocycles. The lowest BCUT2D eigenvalue weighted by molar-refractivity contribution is 0.628. The van der Waals surface area contributed by atoms with Gasteiger partial charge in [0.15, 0.2) is 0 Å². The Morgan fingerprint density at radius 1 is 1.00 bits per heavy atom. The number of nitrogens with two attached hydrogens (primary N) is 1. The summed E-state index contributed by atoms with van der Waals surface area (Å²) in [5, 5.41) is 3.18. The predicted molar refractivity (Wildman–Crippen MR) is 72.6 cm³/mol. The number of hydrogen-bond acceptors (Lipinski definition) is 2. The zero-order valence-electron chi connectivity index (χ0n) is 10.0. The van der Waals surface area contributed by atoms with Gasteiger partial charge in [0.25, 0.3) is 0 Å². The summed E-state index contributed by atoms with van der Waals surface area (Å²) >= 11 is 0. The maximum Gasteiger partial charge on any atom is 0.125 e. The molecule has 92 valence electrons. The fourth-order valence-electron chi connectivity index (χ4n) is 2.44. The van der Waals surface area contributed by atoms with E-state index in [2.05, 4.69) is 17.4 Å². The first-order chi connectivity index (χ1) is 8.72. The highest BCUT2D eigenvalue weighted by molar-refractivity contribution is 5.73. The third-order valence-electron chi connectivity index (χ3n) is 3.39. The molecule has 0 radical (unpaired) electrons. The van der Waals surface area contributed by atoms with E-state index in [1.54, 1.807) is 6.07 Å². The average Bonchev–Trinajstić information content (AvgIpc) is 2.81. The minimum atomic E-state index is -0.284. The summed E-state index contributed by atoms with van der Waals surface area (Å²) in [6.45, 7) is 0. The number of benzene rings is 2. The van der Waals surface area contributed by atoms with Gasteiger partial charge in [-0.2, -0.15) is 0 Å². The van der Waals surface area contributed by atoms with Crippen LogP contribution in [-0.4, -0.2) is 0 Å². The normalized spacial score (nSPS) is 13.4. The van der Waals surface area contributed by atoms with Crippen molar-refractivity contribution in [3.05, 3.63) is 53.3 Å². The SMILES string of the molecule is Nc1ccc(F)cc1Nc1ccc2c(c1)CCC2. The standard InChI is InChI=1S/C15H15FN2/c16-12-5-7-14(17)15(9-12)18-13-6-4-10-2-1-3-11(10)8-13/h4-9,18H,1-3,17H2. The Bertz CT molecular complexity index is 593. The third-order valence-corrected chi connectivity index (χ3v) is 3.39. The van der Waals surface area contributed by atoms with Crippen molar-refractivity contribution in [2.45, 2.75) is 19.3 Å². The van der Waals surface area contributed by atoms with Crippen LogP contribution in [0.1, 0.15) is 17.5 Å². The molecular weight excluding hydrogens is 227 g/mol. The van der Waals surface area contributed by atoms with Crippen LogP contribution < -0.4 is 11.1 Å². The molecule has 2 aromatic rings. The van der Waals surface area contributed by atoms with Gasteiger partial charge in [-0.3, -0.25) is 0 Å². The zero-order valence-corrected chi connectivity index (χ0v) is 10.0. The summed E-state index contributed by atoms with van der Waals surface area (Å²) in [5.74, 6) is -0.284. The van der Waals surface area contributed by atoms with E-state index < -0.39 is 0 Å². The highest BCUT2D eigenvalue weighted by Crippen LogP contribution is 2.28. The smallest absolute Gasteiger partial charge is 0.125 e.